The van der Waals surface area contributed by atoms with Gasteiger partial charge < -0.3 is 10.6 Å². The summed E-state index contributed by atoms with van der Waals surface area (Å²) in [6.07, 6.45) is 2.40. The van der Waals surface area contributed by atoms with Crippen molar-refractivity contribution in [2.75, 3.05) is 30.5 Å². The molecule has 0 aliphatic carbocycles. The third kappa shape index (κ3) is 5.25. The van der Waals surface area contributed by atoms with Gasteiger partial charge in [-0.1, -0.05) is 48.2 Å². The maximum Gasteiger partial charge on any atom is 0.229 e. The summed E-state index contributed by atoms with van der Waals surface area (Å²) < 4.78 is 1.93. The van der Waals surface area contributed by atoms with Gasteiger partial charge in [0.2, 0.25) is 11.9 Å². The number of thioether (sulfide) groups is 2. The largest absolute Gasteiger partial charge is 0.368 e. The second-order valence-corrected chi connectivity index (χ2v) is 8.17. The fraction of sp³-hybridized carbons (Fsp3) is 0.583. The third-order valence-electron chi connectivity index (χ3n) is 2.52. The molecule has 120 valence electrons. The molecule has 0 spiro atoms. The van der Waals surface area contributed by atoms with E-state index < -0.39 is 0 Å². The highest BCUT2D eigenvalue weighted by molar-refractivity contribution is 8.02. The second kappa shape index (κ2) is 8.49. The Labute approximate surface area is 142 Å². The van der Waals surface area contributed by atoms with Gasteiger partial charge in [-0.3, -0.25) is 0 Å². The van der Waals surface area contributed by atoms with Crippen molar-refractivity contribution in [2.24, 2.45) is 0 Å². The molecule has 22 heavy (non-hydrogen) atoms. The van der Waals surface area contributed by atoms with Crippen molar-refractivity contribution in [1.29, 1.82) is 0 Å². The van der Waals surface area contributed by atoms with Crippen LogP contribution in [0, 0.1) is 0 Å². The van der Waals surface area contributed by atoms with Crippen molar-refractivity contribution in [2.45, 2.75) is 34.2 Å². The van der Waals surface area contributed by atoms with Crippen LogP contribution in [0.3, 0.4) is 0 Å². The lowest BCUT2D eigenvalue weighted by Crippen LogP contribution is -2.15. The predicted octanol–water partition coefficient (Wildman–Crippen LogP) is 2.56. The lowest BCUT2D eigenvalue weighted by molar-refractivity contribution is 0.892. The van der Waals surface area contributed by atoms with Crippen molar-refractivity contribution in [3.8, 4) is 0 Å². The summed E-state index contributed by atoms with van der Waals surface area (Å²) in [7, 11) is 3.74. The molecule has 2 heterocycles. The number of unbranched alkanes of at least 4 members (excludes halogenated alkanes) is 1. The highest BCUT2D eigenvalue weighted by Crippen LogP contribution is 2.30. The molecule has 0 saturated heterocycles. The number of nitrogens with zero attached hydrogens (tertiary/aromatic N) is 6. The maximum absolute atomic E-state index is 5.71. The number of nitrogens with two attached hydrogens (primary N) is 1. The van der Waals surface area contributed by atoms with E-state index in [2.05, 4.69) is 32.1 Å². The predicted molar refractivity (Wildman–Crippen MR) is 93.7 cm³/mol. The second-order valence-electron chi connectivity index (χ2n) is 4.63. The van der Waals surface area contributed by atoms with E-state index in [0.29, 0.717) is 17.5 Å². The molecule has 2 aromatic heterocycles. The first-order chi connectivity index (χ1) is 10.6. The lowest BCUT2D eigenvalue weighted by Gasteiger charge is -2.10. The van der Waals surface area contributed by atoms with Gasteiger partial charge in [-0.25, -0.2) is 0 Å². The van der Waals surface area contributed by atoms with Gasteiger partial charge in [-0.2, -0.15) is 15.0 Å². The Balaban J connectivity index is 1.92. The van der Waals surface area contributed by atoms with E-state index in [1.54, 1.807) is 39.8 Å². The Morgan fingerprint density at radius 2 is 1.82 bits per heavy atom. The van der Waals surface area contributed by atoms with E-state index in [1.165, 1.54) is 12.8 Å². The van der Waals surface area contributed by atoms with Crippen molar-refractivity contribution in [3.63, 3.8) is 0 Å². The SMILES string of the molecule is CCCCSc1nnc(SCc2nc(N)nc(N(C)C)n2)s1. The van der Waals surface area contributed by atoms with Gasteiger partial charge in [-0.15, -0.1) is 10.2 Å². The average molecular weight is 358 g/mol. The Morgan fingerprint density at radius 1 is 1.09 bits per heavy atom. The van der Waals surface area contributed by atoms with Gasteiger partial charge in [0.15, 0.2) is 8.68 Å². The quantitative estimate of drug-likeness (QED) is 0.565. The summed E-state index contributed by atoms with van der Waals surface area (Å²) in [5.74, 6) is 3.14. The summed E-state index contributed by atoms with van der Waals surface area (Å²) in [5, 5.41) is 8.38. The van der Waals surface area contributed by atoms with E-state index in [0.717, 1.165) is 14.4 Å². The van der Waals surface area contributed by atoms with Crippen LogP contribution in [0.25, 0.3) is 0 Å². The highest BCUT2D eigenvalue weighted by atomic mass is 32.2. The molecule has 0 aliphatic heterocycles. The van der Waals surface area contributed by atoms with Crippen LogP contribution >= 0.6 is 34.9 Å². The van der Waals surface area contributed by atoms with Crippen molar-refractivity contribution in [1.82, 2.24) is 25.1 Å². The van der Waals surface area contributed by atoms with Gasteiger partial charge in [0.05, 0.1) is 5.75 Å². The molecule has 10 heteroatoms. The Kier molecular flexibility index (Phi) is 6.65. The molecule has 0 aliphatic rings. The first-order valence-electron chi connectivity index (χ1n) is 6.85. The zero-order chi connectivity index (χ0) is 15.9. The minimum Gasteiger partial charge on any atom is -0.368 e. The van der Waals surface area contributed by atoms with Gasteiger partial charge in [-0.05, 0) is 6.42 Å². The monoisotopic (exact) mass is 357 g/mol. The fourth-order valence-corrected chi connectivity index (χ4v) is 4.46. The molecule has 0 aromatic carbocycles. The maximum atomic E-state index is 5.71. The number of hydrogen-bond donors (Lipinski definition) is 1. The topological polar surface area (TPSA) is 93.7 Å². The lowest BCUT2D eigenvalue weighted by atomic mass is 10.4. The Bertz CT molecular complexity index is 602. The van der Waals surface area contributed by atoms with Crippen molar-refractivity contribution < 1.29 is 0 Å². The van der Waals surface area contributed by atoms with E-state index >= 15 is 0 Å². The van der Waals surface area contributed by atoms with E-state index in [-0.39, 0.29) is 5.95 Å². The van der Waals surface area contributed by atoms with Crippen LogP contribution in [-0.4, -0.2) is 45.0 Å². The van der Waals surface area contributed by atoms with Crippen LogP contribution in [0.2, 0.25) is 0 Å². The molecule has 0 bridgehead atoms. The molecule has 0 amide bonds. The number of anilines is 2. The molecule has 2 N–H and O–H groups in total. The van der Waals surface area contributed by atoms with E-state index in [1.807, 2.05) is 14.1 Å². The molecular formula is C12H19N7S3. The van der Waals surface area contributed by atoms with Gasteiger partial charge >= 0.3 is 0 Å². The van der Waals surface area contributed by atoms with Crippen LogP contribution in [0.5, 0.6) is 0 Å². The number of aromatic nitrogens is 5. The minimum atomic E-state index is 0.238. The summed E-state index contributed by atoms with van der Waals surface area (Å²) in [6, 6.07) is 0. The van der Waals surface area contributed by atoms with Gasteiger partial charge in [0.1, 0.15) is 5.82 Å². The summed E-state index contributed by atoms with van der Waals surface area (Å²) in [5.41, 5.74) is 5.71. The van der Waals surface area contributed by atoms with Crippen LogP contribution in [0.4, 0.5) is 11.9 Å². The van der Waals surface area contributed by atoms with Gasteiger partial charge in [0.25, 0.3) is 0 Å². The van der Waals surface area contributed by atoms with Crippen LogP contribution < -0.4 is 10.6 Å². The minimum absolute atomic E-state index is 0.238. The summed E-state index contributed by atoms with van der Waals surface area (Å²) in [4.78, 5) is 14.4. The molecule has 2 aromatic rings. The normalized spacial score (nSPS) is 10.9. The number of nitrogen functional groups attached to an aromatic ring is 1. The molecule has 7 nitrogen and oxygen atoms in total. The van der Waals surface area contributed by atoms with Crippen LogP contribution in [0.15, 0.2) is 8.68 Å². The standard InChI is InChI=1S/C12H19N7S3/c1-4-5-6-20-11-17-18-12(22-11)21-7-8-14-9(13)16-10(15-8)19(2)3/h4-7H2,1-3H3,(H2,13,14,15,16). The molecule has 0 saturated carbocycles. The van der Waals surface area contributed by atoms with Crippen LogP contribution in [-0.2, 0) is 5.75 Å². The smallest absolute Gasteiger partial charge is 0.229 e. The fourth-order valence-electron chi connectivity index (χ4n) is 1.43. The molecule has 0 atom stereocenters. The van der Waals surface area contributed by atoms with E-state index in [9.17, 15) is 0 Å². The summed E-state index contributed by atoms with van der Waals surface area (Å²) in [6.45, 7) is 2.18. The average Bonchev–Trinajstić information content (AvgIpc) is 2.93. The molecule has 0 fully saturated rings. The molecular weight excluding hydrogens is 338 g/mol. The van der Waals surface area contributed by atoms with Crippen molar-refractivity contribution in [3.05, 3.63) is 5.82 Å². The zero-order valence-electron chi connectivity index (χ0n) is 12.8. The van der Waals surface area contributed by atoms with Crippen molar-refractivity contribution >= 4 is 46.8 Å². The molecule has 0 radical (unpaired) electrons. The Hall–Kier alpha value is -1.13. The van der Waals surface area contributed by atoms with Gasteiger partial charge in [0, 0.05) is 19.8 Å². The van der Waals surface area contributed by atoms with Crippen LogP contribution in [0.1, 0.15) is 25.6 Å². The number of rotatable bonds is 8. The zero-order valence-corrected chi connectivity index (χ0v) is 15.3. The highest BCUT2D eigenvalue weighted by Gasteiger charge is 2.09. The Morgan fingerprint density at radius 3 is 2.50 bits per heavy atom. The first-order valence-corrected chi connectivity index (χ1v) is 9.64. The number of hydrogen-bond acceptors (Lipinski definition) is 10. The third-order valence-corrected chi connectivity index (χ3v) is 5.80. The summed E-state index contributed by atoms with van der Waals surface area (Å²) >= 11 is 4.94. The van der Waals surface area contributed by atoms with E-state index in [4.69, 9.17) is 5.73 Å². The first kappa shape index (κ1) is 17.2. The molecule has 2 rings (SSSR count). The molecule has 0 unspecified atom stereocenters.